The molecular formula is C29H43BrN4O5S. The molecule has 1 aromatic carbocycles. The number of hydrogen-bond acceptors (Lipinski definition) is 6. The molecule has 0 saturated carbocycles. The predicted octanol–water partition coefficient (Wildman–Crippen LogP) is 3.28. The minimum absolute atomic E-state index is 0.0627. The lowest BCUT2D eigenvalue weighted by Gasteiger charge is -2.24. The number of unbranched alkanes of at least 4 members (excludes halogenated alkanes) is 1. The first-order valence-electron chi connectivity index (χ1n) is 14.1. The van der Waals surface area contributed by atoms with Crippen LogP contribution in [-0.4, -0.2) is 65.6 Å². The molecule has 0 aromatic heterocycles. The molecule has 0 bridgehead atoms. The number of amides is 4. The Morgan fingerprint density at radius 2 is 1.70 bits per heavy atom. The van der Waals surface area contributed by atoms with Gasteiger partial charge in [-0.3, -0.25) is 24.0 Å². The van der Waals surface area contributed by atoms with Gasteiger partial charge >= 0.3 is 0 Å². The van der Waals surface area contributed by atoms with Gasteiger partial charge in [0.05, 0.1) is 6.54 Å². The highest BCUT2D eigenvalue weighted by atomic mass is 79.9. The highest BCUT2D eigenvalue weighted by Gasteiger charge is 2.30. The normalized spacial score (nSPS) is 16.2. The minimum atomic E-state index is -1.10. The van der Waals surface area contributed by atoms with Crippen molar-refractivity contribution in [1.29, 1.82) is 0 Å². The van der Waals surface area contributed by atoms with Crippen LogP contribution in [0.1, 0.15) is 71.3 Å². The quantitative estimate of drug-likeness (QED) is 0.153. The first kappa shape index (κ1) is 33.8. The van der Waals surface area contributed by atoms with Gasteiger partial charge in [-0.2, -0.15) is 11.8 Å². The van der Waals surface area contributed by atoms with Gasteiger partial charge in [0.25, 0.3) is 5.91 Å². The van der Waals surface area contributed by atoms with Crippen molar-refractivity contribution in [2.75, 3.05) is 18.8 Å². The molecule has 1 aromatic rings. The molecular weight excluding hydrogens is 596 g/mol. The third-order valence-electron chi connectivity index (χ3n) is 6.56. The standard InChI is InChI=1S/C29H43BrN4O5S/c1-4-31-29(39)27(37)23(17-20-11-13-21(30)14-12-20)34-28(38)24(16-19(2)3)33-26(36)18-32-25(35)10-6-5-8-22-9-7-15-40-22/h11-14,19,22-24H,4-10,15-18H2,1-3H3,(H,31,39)(H,32,35)(H,33,36)(H,34,38)/t22?,23-,24-/m0/s1. The Labute approximate surface area is 250 Å². The number of nitrogens with one attached hydrogen (secondary N) is 4. The van der Waals surface area contributed by atoms with E-state index >= 15 is 0 Å². The van der Waals surface area contributed by atoms with Gasteiger partial charge in [0, 0.05) is 29.1 Å². The number of carbonyl (C=O) groups is 5. The van der Waals surface area contributed by atoms with E-state index in [1.807, 2.05) is 37.7 Å². The van der Waals surface area contributed by atoms with E-state index in [1.54, 1.807) is 19.1 Å². The Morgan fingerprint density at radius 1 is 0.975 bits per heavy atom. The first-order valence-corrected chi connectivity index (χ1v) is 16.0. The zero-order valence-corrected chi connectivity index (χ0v) is 26.1. The van der Waals surface area contributed by atoms with Gasteiger partial charge in [-0.15, -0.1) is 0 Å². The van der Waals surface area contributed by atoms with Crippen LogP contribution in [0.4, 0.5) is 0 Å². The Bertz CT molecular complexity index is 999. The molecule has 2 rings (SSSR count). The van der Waals surface area contributed by atoms with Crippen molar-refractivity contribution >= 4 is 57.1 Å². The molecule has 0 spiro atoms. The zero-order chi connectivity index (χ0) is 29.5. The van der Waals surface area contributed by atoms with Crippen LogP contribution in [0.2, 0.25) is 0 Å². The number of halogens is 1. The van der Waals surface area contributed by atoms with Crippen molar-refractivity contribution in [3.05, 3.63) is 34.3 Å². The first-order chi connectivity index (χ1) is 19.1. The van der Waals surface area contributed by atoms with Crippen LogP contribution in [0.3, 0.4) is 0 Å². The summed E-state index contributed by atoms with van der Waals surface area (Å²) >= 11 is 5.38. The molecule has 1 unspecified atom stereocenters. The van der Waals surface area contributed by atoms with E-state index in [4.69, 9.17) is 0 Å². The fourth-order valence-electron chi connectivity index (χ4n) is 4.49. The predicted molar refractivity (Wildman–Crippen MR) is 162 cm³/mol. The van der Waals surface area contributed by atoms with Gasteiger partial charge < -0.3 is 21.3 Å². The monoisotopic (exact) mass is 638 g/mol. The number of hydrogen-bond donors (Lipinski definition) is 4. The molecule has 4 amide bonds. The second-order valence-corrected chi connectivity index (χ2v) is 12.8. The van der Waals surface area contributed by atoms with E-state index in [9.17, 15) is 24.0 Å². The molecule has 0 radical (unpaired) electrons. The van der Waals surface area contributed by atoms with Gasteiger partial charge in [0.2, 0.25) is 23.5 Å². The summed E-state index contributed by atoms with van der Waals surface area (Å²) in [4.78, 5) is 63.3. The van der Waals surface area contributed by atoms with Gasteiger partial charge in [-0.05, 0) is 68.4 Å². The van der Waals surface area contributed by atoms with Crippen LogP contribution < -0.4 is 21.3 Å². The van der Waals surface area contributed by atoms with E-state index in [1.165, 1.54) is 18.6 Å². The van der Waals surface area contributed by atoms with Crippen LogP contribution in [-0.2, 0) is 30.4 Å². The number of carbonyl (C=O) groups excluding carboxylic acids is 5. The lowest BCUT2D eigenvalue weighted by atomic mass is 9.99. The van der Waals surface area contributed by atoms with Gasteiger partial charge in [0.15, 0.2) is 0 Å². The third-order valence-corrected chi connectivity index (χ3v) is 8.55. The SMILES string of the molecule is CCNC(=O)C(=O)[C@H](Cc1ccc(Br)cc1)NC(=O)[C@H](CC(C)C)NC(=O)CNC(=O)CCCCC1CCCS1. The van der Waals surface area contributed by atoms with Gasteiger partial charge in [-0.25, -0.2) is 0 Å². The summed E-state index contributed by atoms with van der Waals surface area (Å²) < 4.78 is 0.863. The number of Topliss-reactive ketones (excluding diaryl/α,β-unsaturated/α-hetero) is 1. The van der Waals surface area contributed by atoms with Gasteiger partial charge in [0.1, 0.15) is 12.1 Å². The maximum atomic E-state index is 13.3. The van der Waals surface area contributed by atoms with E-state index in [-0.39, 0.29) is 31.3 Å². The Morgan fingerprint density at radius 3 is 2.33 bits per heavy atom. The lowest BCUT2D eigenvalue weighted by molar-refractivity contribution is -0.140. The van der Waals surface area contributed by atoms with Crippen LogP contribution >= 0.6 is 27.7 Å². The zero-order valence-electron chi connectivity index (χ0n) is 23.7. The average Bonchev–Trinajstić information content (AvgIpc) is 3.43. The topological polar surface area (TPSA) is 133 Å². The molecule has 3 atom stereocenters. The van der Waals surface area contributed by atoms with Crippen molar-refractivity contribution in [2.45, 2.75) is 89.5 Å². The molecule has 1 aliphatic heterocycles. The van der Waals surface area contributed by atoms with Crippen LogP contribution in [0.15, 0.2) is 28.7 Å². The number of ketones is 1. The maximum Gasteiger partial charge on any atom is 0.289 e. The molecule has 1 saturated heterocycles. The number of likely N-dealkylation sites (N-methyl/N-ethyl adjacent to an activating group) is 1. The van der Waals surface area contributed by atoms with Crippen LogP contribution in [0.25, 0.3) is 0 Å². The second kappa shape index (κ2) is 18.1. The Kier molecular flexibility index (Phi) is 15.3. The molecule has 11 heteroatoms. The van der Waals surface area contributed by atoms with E-state index in [2.05, 4.69) is 37.2 Å². The summed E-state index contributed by atoms with van der Waals surface area (Å²) in [6.07, 6.45) is 6.23. The Balaban J connectivity index is 1.93. The van der Waals surface area contributed by atoms with Crippen molar-refractivity contribution < 1.29 is 24.0 Å². The molecule has 40 heavy (non-hydrogen) atoms. The summed E-state index contributed by atoms with van der Waals surface area (Å²) in [5.41, 5.74) is 0.764. The largest absolute Gasteiger partial charge is 0.350 e. The molecule has 1 aliphatic rings. The van der Waals surface area contributed by atoms with E-state index in [0.29, 0.717) is 18.1 Å². The third kappa shape index (κ3) is 12.8. The van der Waals surface area contributed by atoms with Gasteiger partial charge in [-0.1, -0.05) is 48.3 Å². The minimum Gasteiger partial charge on any atom is -0.350 e. The van der Waals surface area contributed by atoms with Crippen molar-refractivity contribution in [3.8, 4) is 0 Å². The van der Waals surface area contributed by atoms with Crippen molar-refractivity contribution in [2.24, 2.45) is 5.92 Å². The highest BCUT2D eigenvalue weighted by Crippen LogP contribution is 2.30. The summed E-state index contributed by atoms with van der Waals surface area (Å²) in [5.74, 6) is -1.49. The number of benzene rings is 1. The average molecular weight is 640 g/mol. The Hall–Kier alpha value is -2.40. The lowest BCUT2D eigenvalue weighted by Crippen LogP contribution is -2.55. The summed E-state index contributed by atoms with van der Waals surface area (Å²) in [6, 6.07) is 5.21. The molecule has 222 valence electrons. The second-order valence-electron chi connectivity index (χ2n) is 10.5. The van der Waals surface area contributed by atoms with Crippen molar-refractivity contribution in [3.63, 3.8) is 0 Å². The molecule has 4 N–H and O–H groups in total. The highest BCUT2D eigenvalue weighted by molar-refractivity contribution is 9.10. The smallest absolute Gasteiger partial charge is 0.289 e. The molecule has 1 fully saturated rings. The molecule has 0 aliphatic carbocycles. The fourth-order valence-corrected chi connectivity index (χ4v) is 6.09. The van der Waals surface area contributed by atoms with E-state index < -0.39 is 35.6 Å². The summed E-state index contributed by atoms with van der Waals surface area (Å²) in [6.45, 7) is 5.57. The molecule has 9 nitrogen and oxygen atoms in total. The maximum absolute atomic E-state index is 13.3. The van der Waals surface area contributed by atoms with Crippen LogP contribution in [0.5, 0.6) is 0 Å². The van der Waals surface area contributed by atoms with Crippen molar-refractivity contribution in [1.82, 2.24) is 21.3 Å². The number of rotatable bonds is 17. The molecule has 1 heterocycles. The fraction of sp³-hybridized carbons (Fsp3) is 0.621. The number of thioether (sulfide) groups is 1. The summed E-state index contributed by atoms with van der Waals surface area (Å²) in [5, 5.41) is 11.2. The van der Waals surface area contributed by atoms with Crippen LogP contribution in [0, 0.1) is 5.92 Å². The summed E-state index contributed by atoms with van der Waals surface area (Å²) in [7, 11) is 0. The van der Waals surface area contributed by atoms with E-state index in [0.717, 1.165) is 29.3 Å².